The second-order valence-corrected chi connectivity index (χ2v) is 6.68. The lowest BCUT2D eigenvalue weighted by atomic mass is 10.1. The second-order valence-electron chi connectivity index (χ2n) is 6.68. The van der Waals surface area contributed by atoms with Gasteiger partial charge < -0.3 is 15.0 Å². The predicted octanol–water partition coefficient (Wildman–Crippen LogP) is 2.38. The minimum atomic E-state index is -0.285. The highest BCUT2D eigenvalue weighted by molar-refractivity contribution is 5.90. The van der Waals surface area contributed by atoms with E-state index in [0.29, 0.717) is 0 Å². The number of nitrogens with one attached hydrogen (secondary N) is 2. The fourth-order valence-corrected chi connectivity index (χ4v) is 3.39. The molecule has 6 heteroatoms. The van der Waals surface area contributed by atoms with Gasteiger partial charge in [0.25, 0.3) is 0 Å². The number of amides is 1. The van der Waals surface area contributed by atoms with Crippen LogP contribution < -0.4 is 5.32 Å². The molecule has 0 saturated carbocycles. The molecule has 25 heavy (non-hydrogen) atoms. The number of nitrogens with zero attached hydrogens (tertiary/aromatic N) is 1. The third-order valence-electron chi connectivity index (χ3n) is 4.86. The Morgan fingerprint density at radius 2 is 2.16 bits per heavy atom. The summed E-state index contributed by atoms with van der Waals surface area (Å²) in [7, 11) is 0. The third kappa shape index (κ3) is 4.38. The summed E-state index contributed by atoms with van der Waals surface area (Å²) >= 11 is 0. The van der Waals surface area contributed by atoms with E-state index in [2.05, 4.69) is 22.1 Å². The first-order chi connectivity index (χ1) is 12.1. The van der Waals surface area contributed by atoms with Gasteiger partial charge in [-0.2, -0.15) is 0 Å². The van der Waals surface area contributed by atoms with Gasteiger partial charge in [0.05, 0.1) is 19.6 Å². The summed E-state index contributed by atoms with van der Waals surface area (Å²) in [5.41, 5.74) is 2.65. The van der Waals surface area contributed by atoms with E-state index in [0.717, 1.165) is 61.4 Å². The van der Waals surface area contributed by atoms with Gasteiger partial charge >= 0.3 is 0 Å². The Hall–Kier alpha value is -1.92. The van der Waals surface area contributed by atoms with Gasteiger partial charge in [-0.05, 0) is 37.1 Å². The zero-order chi connectivity index (χ0) is 17.8. The SMILES string of the molecule is CCC(CN1CCOCC1)NC(=O)Cc1c(C)[nH]c2ccc(F)cc12. The lowest BCUT2D eigenvalue weighted by Gasteiger charge is -2.30. The molecule has 0 radical (unpaired) electrons. The molecule has 136 valence electrons. The molecule has 2 heterocycles. The summed E-state index contributed by atoms with van der Waals surface area (Å²) in [6.45, 7) is 8.17. The number of aryl methyl sites for hydroxylation is 1. The smallest absolute Gasteiger partial charge is 0.224 e. The van der Waals surface area contributed by atoms with Gasteiger partial charge in [-0.15, -0.1) is 0 Å². The molecule has 2 N–H and O–H groups in total. The number of benzene rings is 1. The van der Waals surface area contributed by atoms with Crippen LogP contribution in [-0.4, -0.2) is 54.7 Å². The molecule has 5 nitrogen and oxygen atoms in total. The highest BCUT2D eigenvalue weighted by Crippen LogP contribution is 2.23. The number of ether oxygens (including phenoxy) is 1. The minimum absolute atomic E-state index is 0.0200. The molecular formula is C19H26FN3O2. The molecule has 1 aromatic heterocycles. The summed E-state index contributed by atoms with van der Waals surface area (Å²) in [5.74, 6) is -0.305. The topological polar surface area (TPSA) is 57.4 Å². The standard InChI is InChI=1S/C19H26FN3O2/c1-3-15(12-23-6-8-25-9-7-23)22-19(24)11-16-13(2)21-18-5-4-14(20)10-17(16)18/h4-5,10,15,21H,3,6-9,11-12H2,1-2H3,(H,22,24). The van der Waals surface area contributed by atoms with Crippen LogP contribution in [0.2, 0.25) is 0 Å². The first kappa shape index (κ1) is 17.9. The van der Waals surface area contributed by atoms with Crippen molar-refractivity contribution in [1.29, 1.82) is 0 Å². The van der Waals surface area contributed by atoms with Crippen molar-refractivity contribution < 1.29 is 13.9 Å². The molecule has 1 saturated heterocycles. The Bertz CT molecular complexity index is 738. The Balaban J connectivity index is 1.65. The monoisotopic (exact) mass is 347 g/mol. The van der Waals surface area contributed by atoms with Crippen molar-refractivity contribution in [2.24, 2.45) is 0 Å². The number of hydrogen-bond donors (Lipinski definition) is 2. The summed E-state index contributed by atoms with van der Waals surface area (Å²) in [6.07, 6.45) is 1.14. The number of H-pyrrole nitrogens is 1. The van der Waals surface area contributed by atoms with Gasteiger partial charge in [0.15, 0.2) is 0 Å². The average Bonchev–Trinajstić information content (AvgIpc) is 2.90. The molecule has 1 fully saturated rings. The van der Waals surface area contributed by atoms with Gasteiger partial charge in [0.2, 0.25) is 5.91 Å². The van der Waals surface area contributed by atoms with Gasteiger partial charge in [-0.3, -0.25) is 9.69 Å². The number of rotatable bonds is 6. The number of carbonyl (C=O) groups is 1. The molecule has 1 aliphatic rings. The number of morpholine rings is 1. The Morgan fingerprint density at radius 1 is 1.40 bits per heavy atom. The number of hydrogen-bond acceptors (Lipinski definition) is 3. The number of halogens is 1. The van der Waals surface area contributed by atoms with E-state index in [1.54, 1.807) is 6.07 Å². The quantitative estimate of drug-likeness (QED) is 0.844. The van der Waals surface area contributed by atoms with Crippen LogP contribution in [0.3, 0.4) is 0 Å². The first-order valence-corrected chi connectivity index (χ1v) is 8.93. The maximum Gasteiger partial charge on any atom is 0.224 e. The van der Waals surface area contributed by atoms with Crippen molar-refractivity contribution in [3.8, 4) is 0 Å². The van der Waals surface area contributed by atoms with Gasteiger partial charge in [-0.25, -0.2) is 4.39 Å². The maximum absolute atomic E-state index is 13.6. The normalized spacial score (nSPS) is 16.9. The second kappa shape index (κ2) is 7.97. The molecule has 0 spiro atoms. The highest BCUT2D eigenvalue weighted by atomic mass is 19.1. The van der Waals surface area contributed by atoms with E-state index in [4.69, 9.17) is 4.74 Å². The lowest BCUT2D eigenvalue weighted by Crippen LogP contribution is -2.47. The van der Waals surface area contributed by atoms with E-state index < -0.39 is 0 Å². The summed E-state index contributed by atoms with van der Waals surface area (Å²) < 4.78 is 18.9. The largest absolute Gasteiger partial charge is 0.379 e. The Labute approximate surface area is 147 Å². The molecule has 1 atom stereocenters. The molecule has 1 amide bonds. The van der Waals surface area contributed by atoms with Crippen molar-refractivity contribution in [3.63, 3.8) is 0 Å². The first-order valence-electron chi connectivity index (χ1n) is 8.93. The fourth-order valence-electron chi connectivity index (χ4n) is 3.39. The maximum atomic E-state index is 13.6. The van der Waals surface area contributed by atoms with Crippen LogP contribution in [-0.2, 0) is 16.0 Å². The zero-order valence-corrected chi connectivity index (χ0v) is 14.9. The van der Waals surface area contributed by atoms with Crippen molar-refractivity contribution >= 4 is 16.8 Å². The van der Waals surface area contributed by atoms with Crippen molar-refractivity contribution in [1.82, 2.24) is 15.2 Å². The van der Waals surface area contributed by atoms with Crippen LogP contribution in [0, 0.1) is 12.7 Å². The molecule has 2 aromatic rings. The lowest BCUT2D eigenvalue weighted by molar-refractivity contribution is -0.121. The van der Waals surface area contributed by atoms with Gasteiger partial charge in [0, 0.05) is 42.3 Å². The molecule has 1 unspecified atom stereocenters. The van der Waals surface area contributed by atoms with Crippen molar-refractivity contribution in [2.45, 2.75) is 32.7 Å². The number of fused-ring (bicyclic) bond motifs is 1. The molecule has 0 bridgehead atoms. The summed E-state index contributed by atoms with van der Waals surface area (Å²) in [4.78, 5) is 18.1. The average molecular weight is 347 g/mol. The summed E-state index contributed by atoms with van der Waals surface area (Å²) in [6, 6.07) is 4.75. The Kier molecular flexibility index (Phi) is 5.71. The fraction of sp³-hybridized carbons (Fsp3) is 0.526. The zero-order valence-electron chi connectivity index (χ0n) is 14.9. The van der Waals surface area contributed by atoms with Crippen molar-refractivity contribution in [2.75, 3.05) is 32.8 Å². The molecule has 1 aromatic carbocycles. The molecule has 3 rings (SSSR count). The minimum Gasteiger partial charge on any atom is -0.379 e. The number of carbonyl (C=O) groups excluding carboxylic acids is 1. The number of aromatic nitrogens is 1. The van der Waals surface area contributed by atoms with Crippen LogP contribution in [0.4, 0.5) is 4.39 Å². The highest BCUT2D eigenvalue weighted by Gasteiger charge is 2.19. The van der Waals surface area contributed by atoms with E-state index >= 15 is 0 Å². The molecular weight excluding hydrogens is 321 g/mol. The number of aromatic amines is 1. The van der Waals surface area contributed by atoms with Crippen LogP contribution >= 0.6 is 0 Å². The Morgan fingerprint density at radius 3 is 2.88 bits per heavy atom. The predicted molar refractivity (Wildman–Crippen MR) is 96.2 cm³/mol. The third-order valence-corrected chi connectivity index (χ3v) is 4.86. The van der Waals surface area contributed by atoms with Gasteiger partial charge in [-0.1, -0.05) is 6.92 Å². The van der Waals surface area contributed by atoms with Crippen LogP contribution in [0.1, 0.15) is 24.6 Å². The molecule has 1 aliphatic heterocycles. The van der Waals surface area contributed by atoms with Gasteiger partial charge in [0.1, 0.15) is 5.82 Å². The van der Waals surface area contributed by atoms with Crippen LogP contribution in [0.5, 0.6) is 0 Å². The van der Waals surface area contributed by atoms with Crippen molar-refractivity contribution in [3.05, 3.63) is 35.3 Å². The van der Waals surface area contributed by atoms with Crippen LogP contribution in [0.15, 0.2) is 18.2 Å². The summed E-state index contributed by atoms with van der Waals surface area (Å²) in [5, 5.41) is 3.92. The van der Waals surface area contributed by atoms with E-state index in [-0.39, 0.29) is 24.2 Å². The van der Waals surface area contributed by atoms with E-state index in [1.807, 2.05) is 6.92 Å². The van der Waals surface area contributed by atoms with Crippen LogP contribution in [0.25, 0.3) is 10.9 Å². The molecule has 0 aliphatic carbocycles. The van der Waals surface area contributed by atoms with E-state index in [1.165, 1.54) is 12.1 Å². The van der Waals surface area contributed by atoms with E-state index in [9.17, 15) is 9.18 Å².